The summed E-state index contributed by atoms with van der Waals surface area (Å²) in [5.41, 5.74) is 2.99. The zero-order valence-corrected chi connectivity index (χ0v) is 20.9. The van der Waals surface area contributed by atoms with Crippen LogP contribution in [0.15, 0.2) is 6.07 Å². The molecule has 0 saturated carbocycles. The summed E-state index contributed by atoms with van der Waals surface area (Å²) >= 11 is 0. The van der Waals surface area contributed by atoms with Gasteiger partial charge in [0, 0.05) is 24.1 Å². The third kappa shape index (κ3) is 8.92. The quantitative estimate of drug-likeness (QED) is 0.326. The molecule has 0 saturated heterocycles. The fraction of sp³-hybridized carbons (Fsp3) is 0.692. The number of methoxy groups -OCH3 is 1. The number of amides is 2. The third-order valence-electron chi connectivity index (χ3n) is 5.60. The number of carbonyl (C=O) groups is 2. The number of benzene rings is 1. The first-order valence-electron chi connectivity index (χ1n) is 12.0. The minimum Gasteiger partial charge on any atom is -0.494 e. The topological polar surface area (TPSA) is 67.4 Å². The minimum atomic E-state index is -0.208. The standard InChI is InChI=1S/C26H44N2O3/c1-8-10-12-14-16-22(29)27-21-18-20(26(4,5)6)25(31-7)24(19(21)3)28-23(30)17-15-13-11-9-2/h18H,8-17H2,1-7H3,(H,27,29)(H,28,30). The van der Waals surface area contributed by atoms with Crippen molar-refractivity contribution in [1.29, 1.82) is 0 Å². The highest BCUT2D eigenvalue weighted by molar-refractivity contribution is 5.98. The van der Waals surface area contributed by atoms with Crippen LogP contribution in [0.2, 0.25) is 0 Å². The summed E-state index contributed by atoms with van der Waals surface area (Å²) in [5.74, 6) is 0.675. The van der Waals surface area contributed by atoms with Crippen LogP contribution in [0.25, 0.3) is 0 Å². The molecule has 5 nitrogen and oxygen atoms in total. The number of anilines is 2. The van der Waals surface area contributed by atoms with Crippen LogP contribution in [0, 0.1) is 6.92 Å². The van der Waals surface area contributed by atoms with E-state index in [1.165, 1.54) is 0 Å². The second-order valence-corrected chi connectivity index (χ2v) is 9.47. The molecule has 0 spiro atoms. The zero-order valence-electron chi connectivity index (χ0n) is 20.9. The Morgan fingerprint density at radius 3 is 1.84 bits per heavy atom. The van der Waals surface area contributed by atoms with Crippen LogP contribution >= 0.6 is 0 Å². The van der Waals surface area contributed by atoms with Gasteiger partial charge in [0.05, 0.1) is 12.8 Å². The number of hydrogen-bond acceptors (Lipinski definition) is 3. The summed E-state index contributed by atoms with van der Waals surface area (Å²) in [4.78, 5) is 25.2. The number of rotatable bonds is 13. The molecule has 5 heteroatoms. The van der Waals surface area contributed by atoms with Gasteiger partial charge in [-0.05, 0) is 36.8 Å². The van der Waals surface area contributed by atoms with Crippen LogP contribution in [0.4, 0.5) is 11.4 Å². The Morgan fingerprint density at radius 1 is 0.871 bits per heavy atom. The van der Waals surface area contributed by atoms with Crippen LogP contribution in [0.1, 0.15) is 110 Å². The van der Waals surface area contributed by atoms with E-state index in [1.54, 1.807) is 7.11 Å². The van der Waals surface area contributed by atoms with Gasteiger partial charge in [0.1, 0.15) is 5.75 Å². The van der Waals surface area contributed by atoms with E-state index in [0.29, 0.717) is 24.3 Å². The first-order chi connectivity index (χ1) is 14.6. The highest BCUT2D eigenvalue weighted by atomic mass is 16.5. The lowest BCUT2D eigenvalue weighted by atomic mass is 9.84. The fourth-order valence-corrected chi connectivity index (χ4v) is 3.65. The van der Waals surface area contributed by atoms with Gasteiger partial charge in [-0.1, -0.05) is 73.1 Å². The molecule has 176 valence electrons. The van der Waals surface area contributed by atoms with Crippen molar-refractivity contribution in [2.45, 2.75) is 111 Å². The molecule has 0 bridgehead atoms. The van der Waals surface area contributed by atoms with Gasteiger partial charge in [0.2, 0.25) is 11.8 Å². The van der Waals surface area contributed by atoms with Gasteiger partial charge in [-0.25, -0.2) is 0 Å². The average Bonchev–Trinajstić information content (AvgIpc) is 2.70. The zero-order chi connectivity index (χ0) is 23.4. The molecule has 0 aromatic heterocycles. The molecule has 0 aliphatic rings. The molecule has 1 aromatic carbocycles. The van der Waals surface area contributed by atoms with Gasteiger partial charge >= 0.3 is 0 Å². The van der Waals surface area contributed by atoms with Gasteiger partial charge in [-0.2, -0.15) is 0 Å². The molecule has 0 unspecified atom stereocenters. The highest BCUT2D eigenvalue weighted by Gasteiger charge is 2.26. The van der Waals surface area contributed by atoms with Gasteiger partial charge in [-0.3, -0.25) is 9.59 Å². The Kier molecular flexibility index (Phi) is 11.7. The van der Waals surface area contributed by atoms with Crippen LogP contribution < -0.4 is 15.4 Å². The molecular formula is C26H44N2O3. The van der Waals surface area contributed by atoms with Crippen molar-refractivity contribution < 1.29 is 14.3 Å². The van der Waals surface area contributed by atoms with Crippen LogP contribution in [0.3, 0.4) is 0 Å². The summed E-state index contributed by atoms with van der Waals surface area (Å²) in [6, 6.07) is 2.00. The molecule has 0 aliphatic heterocycles. The largest absolute Gasteiger partial charge is 0.494 e. The average molecular weight is 433 g/mol. The normalized spacial score (nSPS) is 11.3. The van der Waals surface area contributed by atoms with Gasteiger partial charge in [0.25, 0.3) is 0 Å². The Bertz CT molecular complexity index is 720. The summed E-state index contributed by atoms with van der Waals surface area (Å²) in [5, 5.41) is 6.16. The highest BCUT2D eigenvalue weighted by Crippen LogP contribution is 2.43. The lowest BCUT2D eigenvalue weighted by molar-refractivity contribution is -0.117. The van der Waals surface area contributed by atoms with E-state index in [-0.39, 0.29) is 17.2 Å². The Labute approximate surface area is 189 Å². The van der Waals surface area contributed by atoms with E-state index < -0.39 is 0 Å². The third-order valence-corrected chi connectivity index (χ3v) is 5.60. The van der Waals surface area contributed by atoms with E-state index in [2.05, 4.69) is 45.3 Å². The monoisotopic (exact) mass is 432 g/mol. The van der Waals surface area contributed by atoms with Crippen molar-refractivity contribution in [1.82, 2.24) is 0 Å². The van der Waals surface area contributed by atoms with E-state index in [1.807, 2.05) is 13.0 Å². The van der Waals surface area contributed by atoms with Crippen molar-refractivity contribution in [3.8, 4) is 5.75 Å². The summed E-state index contributed by atoms with van der Waals surface area (Å²) < 4.78 is 5.75. The molecule has 1 aromatic rings. The SMILES string of the molecule is CCCCCCC(=O)Nc1cc(C(C)(C)C)c(OC)c(NC(=O)CCCCCC)c1C. The van der Waals surface area contributed by atoms with Crippen molar-refractivity contribution in [2.75, 3.05) is 17.7 Å². The molecule has 1 rings (SSSR count). The maximum absolute atomic E-state index is 12.6. The summed E-state index contributed by atoms with van der Waals surface area (Å²) in [6.45, 7) is 12.6. The molecule has 0 radical (unpaired) electrons. The van der Waals surface area contributed by atoms with Crippen molar-refractivity contribution in [2.24, 2.45) is 0 Å². The van der Waals surface area contributed by atoms with E-state index >= 15 is 0 Å². The second-order valence-electron chi connectivity index (χ2n) is 9.47. The van der Waals surface area contributed by atoms with Crippen molar-refractivity contribution >= 4 is 23.2 Å². The van der Waals surface area contributed by atoms with E-state index in [0.717, 1.165) is 68.2 Å². The summed E-state index contributed by atoms with van der Waals surface area (Å²) in [6.07, 6.45) is 9.47. The summed E-state index contributed by atoms with van der Waals surface area (Å²) in [7, 11) is 1.63. The molecule has 0 heterocycles. The number of carbonyl (C=O) groups excluding carboxylic acids is 2. The maximum Gasteiger partial charge on any atom is 0.224 e. The Morgan fingerprint density at radius 2 is 1.39 bits per heavy atom. The molecule has 0 aliphatic carbocycles. The fourth-order valence-electron chi connectivity index (χ4n) is 3.65. The number of nitrogens with one attached hydrogen (secondary N) is 2. The van der Waals surface area contributed by atoms with E-state index in [4.69, 9.17) is 4.74 Å². The maximum atomic E-state index is 12.6. The minimum absolute atomic E-state index is 0.0135. The molecule has 0 atom stereocenters. The van der Waals surface area contributed by atoms with Crippen molar-refractivity contribution in [3.05, 3.63) is 17.2 Å². The predicted octanol–water partition coefficient (Wildman–Crippen LogP) is 7.12. The predicted molar refractivity (Wildman–Crippen MR) is 131 cm³/mol. The number of ether oxygens (including phenoxy) is 1. The first kappa shape index (κ1) is 27.0. The lowest BCUT2D eigenvalue weighted by Crippen LogP contribution is -2.20. The number of unbranched alkanes of at least 4 members (excludes halogenated alkanes) is 6. The van der Waals surface area contributed by atoms with Crippen LogP contribution in [-0.2, 0) is 15.0 Å². The van der Waals surface area contributed by atoms with E-state index in [9.17, 15) is 9.59 Å². The molecule has 2 amide bonds. The van der Waals surface area contributed by atoms with Crippen LogP contribution in [-0.4, -0.2) is 18.9 Å². The van der Waals surface area contributed by atoms with Crippen molar-refractivity contribution in [3.63, 3.8) is 0 Å². The second kappa shape index (κ2) is 13.4. The molecular weight excluding hydrogens is 388 g/mol. The smallest absolute Gasteiger partial charge is 0.224 e. The van der Waals surface area contributed by atoms with Gasteiger partial charge in [0.15, 0.2) is 0 Å². The Balaban J connectivity index is 3.14. The Hall–Kier alpha value is -2.04. The lowest BCUT2D eigenvalue weighted by Gasteiger charge is -2.27. The molecule has 2 N–H and O–H groups in total. The first-order valence-corrected chi connectivity index (χ1v) is 12.0. The van der Waals surface area contributed by atoms with Crippen LogP contribution in [0.5, 0.6) is 5.75 Å². The molecule has 31 heavy (non-hydrogen) atoms. The molecule has 0 fully saturated rings. The van der Waals surface area contributed by atoms with Gasteiger partial charge in [-0.15, -0.1) is 0 Å². The van der Waals surface area contributed by atoms with Gasteiger partial charge < -0.3 is 15.4 Å². The number of hydrogen-bond donors (Lipinski definition) is 2.